The van der Waals surface area contributed by atoms with E-state index in [1.54, 1.807) is 0 Å². The predicted molar refractivity (Wildman–Crippen MR) is 121 cm³/mol. The molecule has 29 heavy (non-hydrogen) atoms. The van der Waals surface area contributed by atoms with Crippen molar-refractivity contribution in [2.24, 2.45) is 0 Å². The summed E-state index contributed by atoms with van der Waals surface area (Å²) in [6.45, 7) is 0.887. The fraction of sp³-hybridized carbons (Fsp3) is 0.160. The van der Waals surface area contributed by atoms with Gasteiger partial charge in [0.15, 0.2) is 0 Å². The van der Waals surface area contributed by atoms with Gasteiger partial charge >= 0.3 is 6.09 Å². The van der Waals surface area contributed by atoms with E-state index >= 15 is 0 Å². The SMILES string of the molecule is O=C(NCCC=Cc1ccc(Br)cc1)OCC1c2ccccc2-c2ccccc21. The zero-order valence-electron chi connectivity index (χ0n) is 16.0. The molecule has 0 spiro atoms. The highest BCUT2D eigenvalue weighted by Gasteiger charge is 2.28. The minimum absolute atomic E-state index is 0.0884. The number of amides is 1. The number of alkyl carbamates (subject to hydrolysis) is 1. The van der Waals surface area contributed by atoms with Crippen molar-refractivity contribution in [1.29, 1.82) is 0 Å². The second-order valence-corrected chi connectivity index (χ2v) is 7.91. The van der Waals surface area contributed by atoms with Gasteiger partial charge in [-0.1, -0.05) is 88.7 Å². The van der Waals surface area contributed by atoms with Crippen LogP contribution in [0, 0.1) is 0 Å². The highest BCUT2D eigenvalue weighted by molar-refractivity contribution is 9.10. The van der Waals surface area contributed by atoms with Crippen LogP contribution in [0.15, 0.2) is 83.3 Å². The zero-order valence-corrected chi connectivity index (χ0v) is 17.6. The van der Waals surface area contributed by atoms with Gasteiger partial charge in [-0.25, -0.2) is 4.79 Å². The largest absolute Gasteiger partial charge is 0.449 e. The van der Waals surface area contributed by atoms with Crippen LogP contribution in [0.3, 0.4) is 0 Å². The summed E-state index contributed by atoms with van der Waals surface area (Å²) >= 11 is 3.43. The molecule has 0 aromatic heterocycles. The smallest absolute Gasteiger partial charge is 0.407 e. The van der Waals surface area contributed by atoms with Gasteiger partial charge in [0.1, 0.15) is 6.61 Å². The van der Waals surface area contributed by atoms with Crippen molar-refractivity contribution >= 4 is 28.1 Å². The Balaban J connectivity index is 1.27. The van der Waals surface area contributed by atoms with Gasteiger partial charge in [0.25, 0.3) is 0 Å². The van der Waals surface area contributed by atoms with Crippen LogP contribution in [0.5, 0.6) is 0 Å². The molecular weight excluding hydrogens is 426 g/mol. The van der Waals surface area contributed by atoms with Gasteiger partial charge in [-0.2, -0.15) is 0 Å². The molecule has 1 aliphatic carbocycles. The minimum atomic E-state index is -0.371. The number of hydrogen-bond donors (Lipinski definition) is 1. The van der Waals surface area contributed by atoms with Crippen LogP contribution < -0.4 is 5.32 Å². The number of nitrogens with one attached hydrogen (secondary N) is 1. The Kier molecular flexibility index (Phi) is 6.11. The number of fused-ring (bicyclic) bond motifs is 3. The maximum absolute atomic E-state index is 12.1. The summed E-state index contributed by atoms with van der Waals surface area (Å²) in [4.78, 5) is 12.1. The molecular formula is C25H22BrNO2. The Bertz CT molecular complexity index is 982. The average Bonchev–Trinajstić information content (AvgIpc) is 3.07. The molecule has 0 atom stereocenters. The number of benzene rings is 3. The first-order valence-corrected chi connectivity index (χ1v) is 10.5. The number of hydrogen-bond acceptors (Lipinski definition) is 2. The van der Waals surface area contributed by atoms with E-state index in [0.29, 0.717) is 13.2 Å². The first-order chi connectivity index (χ1) is 14.2. The summed E-state index contributed by atoms with van der Waals surface area (Å²) in [5.41, 5.74) is 6.04. The lowest BCUT2D eigenvalue weighted by Gasteiger charge is -2.14. The lowest BCUT2D eigenvalue weighted by molar-refractivity contribution is 0.143. The van der Waals surface area contributed by atoms with Crippen LogP contribution in [-0.2, 0) is 4.74 Å². The fourth-order valence-corrected chi connectivity index (χ4v) is 3.96. The summed E-state index contributed by atoms with van der Waals surface area (Å²) < 4.78 is 6.60. The van der Waals surface area contributed by atoms with E-state index in [1.807, 2.05) is 60.7 Å². The Morgan fingerprint density at radius 2 is 1.55 bits per heavy atom. The van der Waals surface area contributed by atoms with Crippen LogP contribution in [0.4, 0.5) is 4.79 Å². The van der Waals surface area contributed by atoms with E-state index in [1.165, 1.54) is 22.3 Å². The van der Waals surface area contributed by atoms with E-state index in [-0.39, 0.29) is 12.0 Å². The molecule has 4 rings (SSSR count). The van der Waals surface area contributed by atoms with Crippen molar-refractivity contribution in [1.82, 2.24) is 5.32 Å². The number of carbonyl (C=O) groups excluding carboxylic acids is 1. The highest BCUT2D eigenvalue weighted by atomic mass is 79.9. The summed E-state index contributed by atoms with van der Waals surface area (Å²) in [6, 6.07) is 24.8. The quantitative estimate of drug-likeness (QED) is 0.444. The number of ether oxygens (including phenoxy) is 1. The van der Waals surface area contributed by atoms with Gasteiger partial charge in [0.2, 0.25) is 0 Å². The molecule has 1 N–H and O–H groups in total. The van der Waals surface area contributed by atoms with E-state index in [4.69, 9.17) is 4.74 Å². The van der Waals surface area contributed by atoms with E-state index in [9.17, 15) is 4.79 Å². The zero-order chi connectivity index (χ0) is 20.1. The van der Waals surface area contributed by atoms with Crippen molar-refractivity contribution in [3.8, 4) is 11.1 Å². The highest BCUT2D eigenvalue weighted by Crippen LogP contribution is 2.44. The molecule has 1 aliphatic rings. The van der Waals surface area contributed by atoms with Crippen molar-refractivity contribution < 1.29 is 9.53 Å². The first kappa shape index (κ1) is 19.5. The van der Waals surface area contributed by atoms with Crippen molar-refractivity contribution in [2.75, 3.05) is 13.2 Å². The Labute approximate surface area is 179 Å². The molecule has 3 aromatic rings. The molecule has 3 nitrogen and oxygen atoms in total. The van der Waals surface area contributed by atoms with E-state index < -0.39 is 0 Å². The van der Waals surface area contributed by atoms with Gasteiger partial charge in [-0.3, -0.25) is 0 Å². The van der Waals surface area contributed by atoms with Gasteiger partial charge in [-0.15, -0.1) is 0 Å². The molecule has 1 amide bonds. The molecule has 0 saturated heterocycles. The normalized spacial score (nSPS) is 12.6. The predicted octanol–water partition coefficient (Wildman–Crippen LogP) is 6.39. The third kappa shape index (κ3) is 4.60. The average molecular weight is 448 g/mol. The molecule has 0 aliphatic heterocycles. The van der Waals surface area contributed by atoms with Gasteiger partial charge in [0, 0.05) is 16.9 Å². The molecule has 0 heterocycles. The Hall–Kier alpha value is -2.85. The second-order valence-electron chi connectivity index (χ2n) is 6.99. The monoisotopic (exact) mass is 447 g/mol. The summed E-state index contributed by atoms with van der Waals surface area (Å²) in [6.07, 6.45) is 4.47. The number of rotatable bonds is 6. The summed E-state index contributed by atoms with van der Waals surface area (Å²) in [5.74, 6) is 0.0884. The van der Waals surface area contributed by atoms with Crippen LogP contribution in [0.1, 0.15) is 29.0 Å². The lowest BCUT2D eigenvalue weighted by atomic mass is 9.98. The van der Waals surface area contributed by atoms with Crippen molar-refractivity contribution in [2.45, 2.75) is 12.3 Å². The van der Waals surface area contributed by atoms with Crippen LogP contribution in [0.2, 0.25) is 0 Å². The van der Waals surface area contributed by atoms with E-state index in [0.717, 1.165) is 16.5 Å². The Morgan fingerprint density at radius 3 is 2.21 bits per heavy atom. The van der Waals surface area contributed by atoms with Crippen LogP contribution >= 0.6 is 15.9 Å². The van der Waals surface area contributed by atoms with Gasteiger partial charge in [0.05, 0.1) is 0 Å². The Morgan fingerprint density at radius 1 is 0.931 bits per heavy atom. The molecule has 0 fully saturated rings. The second kappa shape index (κ2) is 9.10. The maximum Gasteiger partial charge on any atom is 0.407 e. The summed E-state index contributed by atoms with van der Waals surface area (Å²) in [7, 11) is 0. The van der Waals surface area contributed by atoms with Gasteiger partial charge < -0.3 is 10.1 Å². The topological polar surface area (TPSA) is 38.3 Å². The lowest BCUT2D eigenvalue weighted by Crippen LogP contribution is -2.26. The fourth-order valence-electron chi connectivity index (χ4n) is 3.70. The summed E-state index contributed by atoms with van der Waals surface area (Å²) in [5, 5.41) is 2.83. The molecule has 4 heteroatoms. The van der Waals surface area contributed by atoms with Gasteiger partial charge in [-0.05, 0) is 46.4 Å². The van der Waals surface area contributed by atoms with Crippen molar-refractivity contribution in [3.63, 3.8) is 0 Å². The molecule has 0 saturated carbocycles. The maximum atomic E-state index is 12.1. The molecule has 0 radical (unpaired) electrons. The minimum Gasteiger partial charge on any atom is -0.449 e. The molecule has 146 valence electrons. The number of carbonyl (C=O) groups is 1. The van der Waals surface area contributed by atoms with Crippen molar-refractivity contribution in [3.05, 3.63) is 100 Å². The molecule has 3 aromatic carbocycles. The number of halogens is 1. The standard InChI is InChI=1S/C25H22BrNO2/c26-19-14-12-18(13-15-19)7-5-6-16-27-25(28)29-17-24-22-10-3-1-8-20(22)21-9-2-4-11-23(21)24/h1-5,7-15,24H,6,16-17H2,(H,27,28). The molecule has 0 unspecified atom stereocenters. The van der Waals surface area contributed by atoms with Crippen LogP contribution in [-0.4, -0.2) is 19.2 Å². The first-order valence-electron chi connectivity index (χ1n) is 9.73. The third-order valence-electron chi connectivity index (χ3n) is 5.10. The molecule has 0 bridgehead atoms. The van der Waals surface area contributed by atoms with E-state index in [2.05, 4.69) is 45.5 Å². The third-order valence-corrected chi connectivity index (χ3v) is 5.63. The van der Waals surface area contributed by atoms with Crippen LogP contribution in [0.25, 0.3) is 17.2 Å².